The van der Waals surface area contributed by atoms with E-state index in [0.717, 1.165) is 4.47 Å². The Morgan fingerprint density at radius 1 is 1.43 bits per heavy atom. The van der Waals surface area contributed by atoms with Crippen LogP contribution in [0.15, 0.2) is 22.7 Å². The Balaban J connectivity index is 2.87. The summed E-state index contributed by atoms with van der Waals surface area (Å²) in [6, 6.07) is 4.83. The first-order valence-corrected chi connectivity index (χ1v) is 5.13. The van der Waals surface area contributed by atoms with Crippen molar-refractivity contribution in [2.75, 3.05) is 6.54 Å². The van der Waals surface area contributed by atoms with Gasteiger partial charge in [-0.05, 0) is 17.7 Å². The normalized spacial score (nSPS) is 11.8. The second kappa shape index (κ2) is 4.55. The molecule has 1 rings (SSSR count). The molecule has 0 heterocycles. The predicted octanol–water partition coefficient (Wildman–Crippen LogP) is 3.24. The van der Waals surface area contributed by atoms with Gasteiger partial charge in [-0.3, -0.25) is 0 Å². The summed E-state index contributed by atoms with van der Waals surface area (Å²) in [4.78, 5) is 0. The molecule has 0 aliphatic heterocycles. The van der Waals surface area contributed by atoms with Crippen molar-refractivity contribution < 1.29 is 8.78 Å². The minimum atomic E-state index is -2.89. The van der Waals surface area contributed by atoms with Crippen molar-refractivity contribution in [3.8, 4) is 0 Å². The van der Waals surface area contributed by atoms with E-state index in [1.165, 1.54) is 0 Å². The summed E-state index contributed by atoms with van der Waals surface area (Å²) < 4.78 is 26.6. The SMILES string of the molecule is NCC(F)(F)Cc1ccc(Br)cc1Cl. The van der Waals surface area contributed by atoms with Crippen LogP contribution in [0.25, 0.3) is 0 Å². The standard InChI is InChI=1S/C9H9BrClF2N/c10-7-2-1-6(8(11)3-7)4-9(12,13)5-14/h1-3H,4-5,14H2. The summed E-state index contributed by atoms with van der Waals surface area (Å²) in [5, 5.41) is 0.326. The lowest BCUT2D eigenvalue weighted by atomic mass is 10.1. The largest absolute Gasteiger partial charge is 0.325 e. The number of halogens is 4. The fourth-order valence-electron chi connectivity index (χ4n) is 1.02. The zero-order chi connectivity index (χ0) is 10.8. The van der Waals surface area contributed by atoms with Crippen LogP contribution in [0, 0.1) is 0 Å². The molecule has 0 saturated heterocycles. The van der Waals surface area contributed by atoms with Crippen molar-refractivity contribution >= 4 is 27.5 Å². The van der Waals surface area contributed by atoms with Crippen LogP contribution in [-0.2, 0) is 6.42 Å². The molecule has 0 saturated carbocycles. The van der Waals surface area contributed by atoms with Gasteiger partial charge in [0.15, 0.2) is 0 Å². The second-order valence-electron chi connectivity index (χ2n) is 2.97. The van der Waals surface area contributed by atoms with Gasteiger partial charge in [0.2, 0.25) is 0 Å². The van der Waals surface area contributed by atoms with Gasteiger partial charge >= 0.3 is 0 Å². The molecule has 0 spiro atoms. The van der Waals surface area contributed by atoms with E-state index < -0.39 is 18.9 Å². The maximum atomic E-state index is 12.9. The summed E-state index contributed by atoms with van der Waals surface area (Å²) >= 11 is 8.98. The number of hydrogen-bond acceptors (Lipinski definition) is 1. The van der Waals surface area contributed by atoms with Crippen molar-refractivity contribution in [2.45, 2.75) is 12.3 Å². The number of nitrogens with two attached hydrogens (primary N) is 1. The third kappa shape index (κ3) is 3.19. The van der Waals surface area contributed by atoms with Crippen LogP contribution >= 0.6 is 27.5 Å². The molecule has 1 aromatic rings. The highest BCUT2D eigenvalue weighted by molar-refractivity contribution is 9.10. The van der Waals surface area contributed by atoms with Crippen LogP contribution in [0.4, 0.5) is 8.78 Å². The van der Waals surface area contributed by atoms with Crippen LogP contribution in [0.3, 0.4) is 0 Å². The molecule has 5 heteroatoms. The smallest absolute Gasteiger partial charge is 0.264 e. The van der Waals surface area contributed by atoms with Crippen LogP contribution in [0.1, 0.15) is 5.56 Å². The lowest BCUT2D eigenvalue weighted by Gasteiger charge is -2.14. The summed E-state index contributed by atoms with van der Waals surface area (Å²) in [5.74, 6) is -2.89. The molecular weight excluding hydrogens is 275 g/mol. The summed E-state index contributed by atoms with van der Waals surface area (Å²) in [5.41, 5.74) is 5.34. The van der Waals surface area contributed by atoms with E-state index >= 15 is 0 Å². The van der Waals surface area contributed by atoms with Gasteiger partial charge in [0, 0.05) is 15.9 Å². The number of rotatable bonds is 3. The van der Waals surface area contributed by atoms with E-state index in [9.17, 15) is 8.78 Å². The van der Waals surface area contributed by atoms with Gasteiger partial charge in [-0.2, -0.15) is 0 Å². The van der Waals surface area contributed by atoms with E-state index in [2.05, 4.69) is 15.9 Å². The average molecular weight is 285 g/mol. The average Bonchev–Trinajstić information content (AvgIpc) is 2.10. The van der Waals surface area contributed by atoms with Crippen LogP contribution < -0.4 is 5.73 Å². The quantitative estimate of drug-likeness (QED) is 0.906. The Kier molecular flexibility index (Phi) is 3.86. The van der Waals surface area contributed by atoms with Crippen molar-refractivity contribution in [3.05, 3.63) is 33.3 Å². The molecule has 1 aromatic carbocycles. The van der Waals surface area contributed by atoms with Crippen molar-refractivity contribution in [2.24, 2.45) is 5.73 Å². The second-order valence-corrected chi connectivity index (χ2v) is 4.30. The first-order chi connectivity index (χ1) is 6.44. The molecule has 0 aliphatic rings. The van der Waals surface area contributed by atoms with Gasteiger partial charge in [-0.1, -0.05) is 33.6 Å². The van der Waals surface area contributed by atoms with Crippen LogP contribution in [0.5, 0.6) is 0 Å². The first-order valence-electron chi connectivity index (χ1n) is 3.96. The molecule has 2 N–H and O–H groups in total. The van der Waals surface area contributed by atoms with Gasteiger partial charge in [0.05, 0.1) is 6.54 Å². The van der Waals surface area contributed by atoms with Crippen LogP contribution in [0.2, 0.25) is 5.02 Å². The lowest BCUT2D eigenvalue weighted by Crippen LogP contribution is -2.30. The molecule has 0 unspecified atom stereocenters. The van der Waals surface area contributed by atoms with E-state index in [1.807, 2.05) is 0 Å². The molecule has 0 aliphatic carbocycles. The molecule has 14 heavy (non-hydrogen) atoms. The molecule has 0 amide bonds. The molecule has 0 atom stereocenters. The monoisotopic (exact) mass is 283 g/mol. The highest BCUT2D eigenvalue weighted by Crippen LogP contribution is 2.26. The fraction of sp³-hybridized carbons (Fsp3) is 0.333. The zero-order valence-electron chi connectivity index (χ0n) is 7.24. The molecule has 0 aromatic heterocycles. The van der Waals surface area contributed by atoms with Gasteiger partial charge in [0.1, 0.15) is 0 Å². The zero-order valence-corrected chi connectivity index (χ0v) is 9.58. The highest BCUT2D eigenvalue weighted by atomic mass is 79.9. The Labute approximate surface area is 94.4 Å². The first kappa shape index (κ1) is 11.9. The highest BCUT2D eigenvalue weighted by Gasteiger charge is 2.27. The number of alkyl halides is 2. The Morgan fingerprint density at radius 3 is 2.57 bits per heavy atom. The van der Waals surface area contributed by atoms with Crippen molar-refractivity contribution in [1.29, 1.82) is 0 Å². The maximum absolute atomic E-state index is 12.9. The molecule has 78 valence electrons. The lowest BCUT2D eigenvalue weighted by molar-refractivity contribution is 0.0115. The molecule has 0 radical (unpaired) electrons. The third-order valence-electron chi connectivity index (χ3n) is 1.76. The van der Waals surface area contributed by atoms with Gasteiger partial charge in [-0.15, -0.1) is 0 Å². The minimum Gasteiger partial charge on any atom is -0.325 e. The minimum absolute atomic E-state index is 0.326. The van der Waals surface area contributed by atoms with Gasteiger partial charge in [-0.25, -0.2) is 8.78 Å². The van der Waals surface area contributed by atoms with E-state index in [1.54, 1.807) is 18.2 Å². The molecule has 0 fully saturated rings. The Hall–Kier alpha value is -0.190. The Morgan fingerprint density at radius 2 is 2.07 bits per heavy atom. The number of hydrogen-bond donors (Lipinski definition) is 1. The van der Waals surface area contributed by atoms with Crippen molar-refractivity contribution in [1.82, 2.24) is 0 Å². The predicted molar refractivity (Wildman–Crippen MR) is 56.9 cm³/mol. The molecule has 1 nitrogen and oxygen atoms in total. The molecular formula is C9H9BrClF2N. The number of benzene rings is 1. The summed E-state index contributed by atoms with van der Waals surface area (Å²) in [6.45, 7) is -0.667. The summed E-state index contributed by atoms with van der Waals surface area (Å²) in [6.07, 6.45) is -0.421. The summed E-state index contributed by atoms with van der Waals surface area (Å²) in [7, 11) is 0. The maximum Gasteiger partial charge on any atom is 0.264 e. The van der Waals surface area contributed by atoms with E-state index in [0.29, 0.717) is 10.6 Å². The van der Waals surface area contributed by atoms with Crippen LogP contribution in [-0.4, -0.2) is 12.5 Å². The van der Waals surface area contributed by atoms with Crippen molar-refractivity contribution in [3.63, 3.8) is 0 Å². The van der Waals surface area contributed by atoms with Gasteiger partial charge in [0.25, 0.3) is 5.92 Å². The third-order valence-corrected chi connectivity index (χ3v) is 2.61. The topological polar surface area (TPSA) is 26.0 Å². The Bertz CT molecular complexity index is 331. The van der Waals surface area contributed by atoms with E-state index in [-0.39, 0.29) is 0 Å². The van der Waals surface area contributed by atoms with Gasteiger partial charge < -0.3 is 5.73 Å². The van der Waals surface area contributed by atoms with E-state index in [4.69, 9.17) is 17.3 Å². The fourth-order valence-corrected chi connectivity index (χ4v) is 1.76. The molecule has 0 bridgehead atoms.